The average Bonchev–Trinajstić information content (AvgIpc) is 2.63. The molecule has 0 aliphatic carbocycles. The van der Waals surface area contributed by atoms with E-state index < -0.39 is 11.4 Å². The highest BCUT2D eigenvalue weighted by Gasteiger charge is 2.39. The Hall–Kier alpha value is -1.04. The average molecular weight is 275 g/mol. The van der Waals surface area contributed by atoms with E-state index in [0.717, 1.165) is 6.07 Å². The largest absolute Gasteiger partial charge is 0.397 e. The van der Waals surface area contributed by atoms with Crippen LogP contribution in [-0.2, 0) is 4.74 Å². The lowest BCUT2D eigenvalue weighted by Crippen LogP contribution is -2.43. The summed E-state index contributed by atoms with van der Waals surface area (Å²) in [5.74, 6) is -0.559. The molecular weight excluding hydrogens is 259 g/mol. The maximum atomic E-state index is 13.1. The SMILES string of the molecule is CC1OCCC1(O)CNc1cc(Cl)c(F)cc1N. The molecular formula is C12H16ClFN2O2. The number of benzene rings is 1. The van der Waals surface area contributed by atoms with Crippen molar-refractivity contribution in [2.75, 3.05) is 24.2 Å². The molecule has 1 aromatic rings. The third-order valence-electron chi connectivity index (χ3n) is 3.34. The van der Waals surface area contributed by atoms with Gasteiger partial charge in [0.15, 0.2) is 0 Å². The molecule has 6 heteroatoms. The van der Waals surface area contributed by atoms with Crippen LogP contribution >= 0.6 is 11.6 Å². The first kappa shape index (κ1) is 13.4. The first-order valence-corrected chi connectivity index (χ1v) is 6.12. The topological polar surface area (TPSA) is 67.5 Å². The molecule has 1 saturated heterocycles. The Kier molecular flexibility index (Phi) is 3.66. The number of nitrogens with two attached hydrogens (primary N) is 1. The van der Waals surface area contributed by atoms with Crippen LogP contribution in [0.3, 0.4) is 0 Å². The van der Waals surface area contributed by atoms with Crippen LogP contribution in [0.2, 0.25) is 5.02 Å². The van der Waals surface area contributed by atoms with E-state index in [1.54, 1.807) is 0 Å². The summed E-state index contributed by atoms with van der Waals surface area (Å²) in [6, 6.07) is 2.57. The highest BCUT2D eigenvalue weighted by atomic mass is 35.5. The molecule has 2 atom stereocenters. The number of nitrogens with one attached hydrogen (secondary N) is 1. The van der Waals surface area contributed by atoms with Gasteiger partial charge in [-0.1, -0.05) is 11.6 Å². The maximum Gasteiger partial charge on any atom is 0.143 e. The van der Waals surface area contributed by atoms with Crippen molar-refractivity contribution in [3.8, 4) is 0 Å². The number of nitrogen functional groups attached to an aromatic ring is 1. The monoisotopic (exact) mass is 274 g/mol. The summed E-state index contributed by atoms with van der Waals surface area (Å²) in [5.41, 5.74) is 5.51. The molecule has 2 unspecified atom stereocenters. The second-order valence-corrected chi connectivity index (χ2v) is 4.98. The van der Waals surface area contributed by atoms with Gasteiger partial charge >= 0.3 is 0 Å². The number of aliphatic hydroxyl groups is 1. The molecule has 0 aromatic heterocycles. The van der Waals surface area contributed by atoms with E-state index in [2.05, 4.69) is 5.32 Å². The zero-order valence-corrected chi connectivity index (χ0v) is 10.8. The predicted molar refractivity (Wildman–Crippen MR) is 69.3 cm³/mol. The van der Waals surface area contributed by atoms with Gasteiger partial charge in [-0.3, -0.25) is 0 Å². The smallest absolute Gasteiger partial charge is 0.143 e. The van der Waals surface area contributed by atoms with Gasteiger partial charge in [0, 0.05) is 25.6 Å². The molecule has 4 nitrogen and oxygen atoms in total. The van der Waals surface area contributed by atoms with Crippen LogP contribution in [0.1, 0.15) is 13.3 Å². The van der Waals surface area contributed by atoms with Crippen molar-refractivity contribution in [3.63, 3.8) is 0 Å². The van der Waals surface area contributed by atoms with Gasteiger partial charge in [0.25, 0.3) is 0 Å². The third-order valence-corrected chi connectivity index (χ3v) is 3.63. The minimum atomic E-state index is -0.937. The Morgan fingerprint density at radius 3 is 3.00 bits per heavy atom. The van der Waals surface area contributed by atoms with Crippen molar-refractivity contribution in [1.29, 1.82) is 0 Å². The predicted octanol–water partition coefficient (Wildman–Crippen LogP) is 2.01. The number of anilines is 2. The molecule has 2 rings (SSSR count). The van der Waals surface area contributed by atoms with Crippen LogP contribution in [0.4, 0.5) is 15.8 Å². The van der Waals surface area contributed by atoms with Crippen LogP contribution in [-0.4, -0.2) is 30.0 Å². The summed E-state index contributed by atoms with van der Waals surface area (Å²) in [4.78, 5) is 0. The first-order chi connectivity index (χ1) is 8.42. The van der Waals surface area contributed by atoms with E-state index in [4.69, 9.17) is 22.1 Å². The molecule has 4 N–H and O–H groups in total. The minimum Gasteiger partial charge on any atom is -0.397 e. The zero-order chi connectivity index (χ0) is 13.3. The van der Waals surface area contributed by atoms with Crippen molar-refractivity contribution in [1.82, 2.24) is 0 Å². The standard InChI is InChI=1S/C12H16ClFN2O2/c1-7-12(17,2-3-18-7)6-16-11-4-8(13)9(14)5-10(11)15/h4-5,7,16-17H,2-3,6,15H2,1H3. The summed E-state index contributed by atoms with van der Waals surface area (Å²) in [5, 5.41) is 13.3. The molecule has 0 radical (unpaired) electrons. The highest BCUT2D eigenvalue weighted by molar-refractivity contribution is 6.31. The number of hydrogen-bond acceptors (Lipinski definition) is 4. The Balaban J connectivity index is 2.09. The van der Waals surface area contributed by atoms with Crippen LogP contribution in [0, 0.1) is 5.82 Å². The van der Waals surface area contributed by atoms with Gasteiger partial charge in [0.05, 0.1) is 22.5 Å². The molecule has 0 saturated carbocycles. The van der Waals surface area contributed by atoms with Gasteiger partial charge in [-0.05, 0) is 13.0 Å². The van der Waals surface area contributed by atoms with E-state index in [0.29, 0.717) is 18.7 Å². The van der Waals surface area contributed by atoms with Gasteiger partial charge in [-0.2, -0.15) is 0 Å². The second kappa shape index (κ2) is 4.91. The fourth-order valence-corrected chi connectivity index (χ4v) is 2.13. The third kappa shape index (κ3) is 2.53. The Morgan fingerprint density at radius 1 is 1.67 bits per heavy atom. The molecule has 0 bridgehead atoms. The van der Waals surface area contributed by atoms with E-state index in [9.17, 15) is 9.50 Å². The van der Waals surface area contributed by atoms with Crippen molar-refractivity contribution in [3.05, 3.63) is 23.0 Å². The molecule has 0 spiro atoms. The number of rotatable bonds is 3. The lowest BCUT2D eigenvalue weighted by Gasteiger charge is -2.27. The summed E-state index contributed by atoms with van der Waals surface area (Å²) >= 11 is 5.69. The van der Waals surface area contributed by atoms with E-state index in [1.165, 1.54) is 6.07 Å². The Labute approximate surface area is 110 Å². The molecule has 100 valence electrons. The fraction of sp³-hybridized carbons (Fsp3) is 0.500. The van der Waals surface area contributed by atoms with Crippen LogP contribution in [0.5, 0.6) is 0 Å². The molecule has 18 heavy (non-hydrogen) atoms. The minimum absolute atomic E-state index is 0.00518. The normalized spacial score (nSPS) is 27.4. The van der Waals surface area contributed by atoms with E-state index in [-0.39, 0.29) is 23.4 Å². The highest BCUT2D eigenvalue weighted by Crippen LogP contribution is 2.29. The molecule has 1 aliphatic heterocycles. The van der Waals surface area contributed by atoms with Crippen LogP contribution < -0.4 is 11.1 Å². The van der Waals surface area contributed by atoms with Gasteiger partial charge in [0.1, 0.15) is 11.4 Å². The van der Waals surface area contributed by atoms with Gasteiger partial charge < -0.3 is 20.9 Å². The summed E-state index contributed by atoms with van der Waals surface area (Å²) in [6.45, 7) is 2.62. The summed E-state index contributed by atoms with van der Waals surface area (Å²) in [7, 11) is 0. The second-order valence-electron chi connectivity index (χ2n) is 4.57. The number of ether oxygens (including phenoxy) is 1. The maximum absolute atomic E-state index is 13.1. The van der Waals surface area contributed by atoms with Crippen molar-refractivity contribution >= 4 is 23.0 Å². The zero-order valence-electron chi connectivity index (χ0n) is 10.0. The lowest BCUT2D eigenvalue weighted by molar-refractivity contribution is -0.0175. The van der Waals surface area contributed by atoms with Crippen molar-refractivity contribution in [2.45, 2.75) is 25.0 Å². The van der Waals surface area contributed by atoms with Crippen LogP contribution in [0.15, 0.2) is 12.1 Å². The summed E-state index contributed by atoms with van der Waals surface area (Å²) in [6.07, 6.45) is 0.304. The van der Waals surface area contributed by atoms with Crippen molar-refractivity contribution < 1.29 is 14.2 Å². The first-order valence-electron chi connectivity index (χ1n) is 5.75. The molecule has 1 aromatic carbocycles. The molecule has 0 amide bonds. The quantitative estimate of drug-likeness (QED) is 0.738. The summed E-state index contributed by atoms with van der Waals surface area (Å²) < 4.78 is 18.5. The molecule has 1 heterocycles. The molecule has 1 aliphatic rings. The van der Waals surface area contributed by atoms with E-state index in [1.807, 2.05) is 6.92 Å². The van der Waals surface area contributed by atoms with Crippen LogP contribution in [0.25, 0.3) is 0 Å². The Morgan fingerprint density at radius 2 is 2.39 bits per heavy atom. The molecule has 1 fully saturated rings. The van der Waals surface area contributed by atoms with Gasteiger partial charge in [-0.15, -0.1) is 0 Å². The van der Waals surface area contributed by atoms with E-state index >= 15 is 0 Å². The lowest BCUT2D eigenvalue weighted by atomic mass is 9.96. The number of halogens is 2. The van der Waals surface area contributed by atoms with Gasteiger partial charge in [-0.25, -0.2) is 4.39 Å². The van der Waals surface area contributed by atoms with Crippen molar-refractivity contribution in [2.24, 2.45) is 0 Å². The van der Waals surface area contributed by atoms with Gasteiger partial charge in [0.2, 0.25) is 0 Å². The number of hydrogen-bond donors (Lipinski definition) is 3. The fourth-order valence-electron chi connectivity index (χ4n) is 1.97. The Bertz CT molecular complexity index is 458.